The van der Waals surface area contributed by atoms with Crippen LogP contribution in [0.4, 0.5) is 5.82 Å². The number of pyridine rings is 1. The lowest BCUT2D eigenvalue weighted by molar-refractivity contribution is -0.132. The van der Waals surface area contributed by atoms with Crippen molar-refractivity contribution in [3.05, 3.63) is 68.4 Å². The van der Waals surface area contributed by atoms with Crippen LogP contribution in [0.5, 0.6) is 5.75 Å². The Labute approximate surface area is 226 Å². The zero-order valence-electron chi connectivity index (χ0n) is 20.6. The molecule has 198 valence electrons. The van der Waals surface area contributed by atoms with E-state index in [1.54, 1.807) is 17.0 Å². The molecule has 0 unspecified atom stereocenters. The van der Waals surface area contributed by atoms with Crippen LogP contribution in [0.25, 0.3) is 11.3 Å². The smallest absolute Gasteiger partial charge is 0.317 e. The van der Waals surface area contributed by atoms with Crippen LogP contribution >= 0.6 is 22.9 Å². The van der Waals surface area contributed by atoms with Gasteiger partial charge in [0, 0.05) is 36.3 Å². The quantitative estimate of drug-likeness (QED) is 0.348. The van der Waals surface area contributed by atoms with Gasteiger partial charge in [-0.15, -0.1) is 11.3 Å². The number of aromatic nitrogens is 4. The first-order chi connectivity index (χ1) is 18.4. The number of thiophene rings is 1. The largest absolute Gasteiger partial charge is 0.496 e. The first-order valence-electron chi connectivity index (χ1n) is 12.0. The van der Waals surface area contributed by atoms with Gasteiger partial charge in [0.15, 0.2) is 6.39 Å². The van der Waals surface area contributed by atoms with Crippen molar-refractivity contribution in [1.29, 1.82) is 0 Å². The fourth-order valence-electron chi connectivity index (χ4n) is 4.27. The maximum absolute atomic E-state index is 13.2. The van der Waals surface area contributed by atoms with Gasteiger partial charge in [-0.2, -0.15) is 9.78 Å². The number of carbonyl (C=O) groups excluding carboxylic acids is 2. The lowest BCUT2D eigenvalue weighted by Gasteiger charge is -2.27. The van der Waals surface area contributed by atoms with E-state index in [2.05, 4.69) is 15.4 Å². The highest BCUT2D eigenvalue weighted by molar-refractivity contribution is 7.16. The molecule has 4 aromatic heterocycles. The molecule has 0 atom stereocenters. The number of piperidine rings is 1. The number of ether oxygens (including phenoxy) is 1. The Hall–Kier alpha value is -3.90. The molecule has 1 N–H and O–H groups in total. The molecule has 0 bridgehead atoms. The summed E-state index contributed by atoms with van der Waals surface area (Å²) in [4.78, 5) is 45.4. The third-order valence-electron chi connectivity index (χ3n) is 6.22. The minimum atomic E-state index is -0.534. The van der Waals surface area contributed by atoms with E-state index < -0.39 is 5.91 Å². The van der Waals surface area contributed by atoms with E-state index in [0.29, 0.717) is 41.0 Å². The van der Waals surface area contributed by atoms with Crippen LogP contribution in [0, 0.1) is 0 Å². The Morgan fingerprint density at radius 2 is 2.03 bits per heavy atom. The van der Waals surface area contributed by atoms with E-state index in [-0.39, 0.29) is 29.5 Å². The maximum atomic E-state index is 13.2. The number of methoxy groups -OCH3 is 1. The van der Waals surface area contributed by atoms with Crippen LogP contribution < -0.4 is 15.6 Å². The van der Waals surface area contributed by atoms with Crippen LogP contribution in [0.3, 0.4) is 0 Å². The molecule has 0 spiro atoms. The van der Waals surface area contributed by atoms with Gasteiger partial charge in [0.25, 0.3) is 5.56 Å². The number of anilines is 1. The van der Waals surface area contributed by atoms with Crippen LogP contribution in [0.2, 0.25) is 4.34 Å². The van der Waals surface area contributed by atoms with Gasteiger partial charge in [-0.25, -0.2) is 4.98 Å². The van der Waals surface area contributed by atoms with Crippen molar-refractivity contribution in [2.45, 2.75) is 32.4 Å². The summed E-state index contributed by atoms with van der Waals surface area (Å²) in [6, 6.07) is 6.67. The van der Waals surface area contributed by atoms with Crippen molar-refractivity contribution in [2.75, 3.05) is 25.5 Å². The SMILES string of the molecule is COc1cc(=O)n(CC(=O)N2CCCCC2)cc1-c1cc(NCc2ccc(Cl)s2)n(C(=O)c2cnco2)n1. The summed E-state index contributed by atoms with van der Waals surface area (Å²) in [5.41, 5.74) is 0.437. The van der Waals surface area contributed by atoms with Crippen molar-refractivity contribution in [3.63, 3.8) is 0 Å². The number of halogens is 1. The molecule has 1 aliphatic rings. The zero-order chi connectivity index (χ0) is 26.6. The molecule has 1 fully saturated rings. The second-order valence-electron chi connectivity index (χ2n) is 8.72. The van der Waals surface area contributed by atoms with Gasteiger partial charge in [0.1, 0.15) is 23.8 Å². The maximum Gasteiger partial charge on any atom is 0.317 e. The van der Waals surface area contributed by atoms with Gasteiger partial charge in [-0.3, -0.25) is 14.4 Å². The summed E-state index contributed by atoms with van der Waals surface area (Å²) in [6.45, 7) is 1.68. The Balaban J connectivity index is 1.50. The highest BCUT2D eigenvalue weighted by Gasteiger charge is 2.23. The molecular weight excluding hydrogens is 532 g/mol. The molecule has 0 aliphatic carbocycles. The Kier molecular flexibility index (Phi) is 7.61. The van der Waals surface area contributed by atoms with Gasteiger partial charge < -0.3 is 23.9 Å². The predicted molar refractivity (Wildman–Crippen MR) is 142 cm³/mol. The number of hydrogen-bond donors (Lipinski definition) is 1. The molecule has 11 nitrogen and oxygen atoms in total. The third kappa shape index (κ3) is 5.50. The monoisotopic (exact) mass is 556 g/mol. The minimum absolute atomic E-state index is 0.00549. The molecule has 0 saturated carbocycles. The van der Waals surface area contributed by atoms with E-state index in [0.717, 1.165) is 30.5 Å². The summed E-state index contributed by atoms with van der Waals surface area (Å²) in [5.74, 6) is 0.00464. The molecular formula is C25H25ClN6O5S. The van der Waals surface area contributed by atoms with E-state index in [4.69, 9.17) is 20.8 Å². The molecule has 0 radical (unpaired) electrons. The number of nitrogens with one attached hydrogen (secondary N) is 1. The van der Waals surface area contributed by atoms with Crippen LogP contribution in [0.1, 0.15) is 34.7 Å². The standard InChI is InChI=1S/C25H25ClN6O5S/c1-36-19-10-23(33)31(14-24(34)30-7-3-2-4-8-30)13-17(19)18-9-22(28-11-16-5-6-21(26)38-16)32(29-18)25(35)20-12-27-15-37-20/h5-6,9-10,12-13,15,28H,2-4,7-8,11,14H2,1H3. The van der Waals surface area contributed by atoms with Crippen LogP contribution in [-0.2, 0) is 17.9 Å². The van der Waals surface area contributed by atoms with E-state index >= 15 is 0 Å². The lowest BCUT2D eigenvalue weighted by Crippen LogP contribution is -2.39. The zero-order valence-corrected chi connectivity index (χ0v) is 22.1. The highest BCUT2D eigenvalue weighted by Crippen LogP contribution is 2.31. The second kappa shape index (κ2) is 11.2. The van der Waals surface area contributed by atoms with Crippen molar-refractivity contribution in [2.24, 2.45) is 0 Å². The first-order valence-corrected chi connectivity index (χ1v) is 13.2. The molecule has 38 heavy (non-hydrogen) atoms. The van der Waals surface area contributed by atoms with Gasteiger partial charge in [0.05, 0.1) is 29.8 Å². The normalized spacial score (nSPS) is 13.5. The van der Waals surface area contributed by atoms with Crippen molar-refractivity contribution >= 4 is 40.6 Å². The first kappa shape index (κ1) is 25.7. The average Bonchev–Trinajstić information content (AvgIpc) is 3.70. The fraction of sp³-hybridized carbons (Fsp3) is 0.320. The summed E-state index contributed by atoms with van der Waals surface area (Å²) in [6.07, 6.45) is 7.02. The van der Waals surface area contributed by atoms with Gasteiger partial charge >= 0.3 is 5.91 Å². The molecule has 1 aliphatic heterocycles. The van der Waals surface area contributed by atoms with Gasteiger partial charge in [-0.1, -0.05) is 11.6 Å². The minimum Gasteiger partial charge on any atom is -0.496 e. The highest BCUT2D eigenvalue weighted by atomic mass is 35.5. The predicted octanol–water partition coefficient (Wildman–Crippen LogP) is 3.74. The van der Waals surface area contributed by atoms with Crippen LogP contribution in [-0.4, -0.2) is 56.2 Å². The Bertz CT molecular complexity index is 1500. The molecule has 13 heteroatoms. The topological polar surface area (TPSA) is 124 Å². The molecule has 4 aromatic rings. The van der Waals surface area contributed by atoms with Gasteiger partial charge in [-0.05, 0) is 31.4 Å². The lowest BCUT2D eigenvalue weighted by atomic mass is 10.1. The molecule has 5 rings (SSSR count). The third-order valence-corrected chi connectivity index (χ3v) is 7.45. The number of oxazole rings is 1. The molecule has 0 aromatic carbocycles. The summed E-state index contributed by atoms with van der Waals surface area (Å²) < 4.78 is 13.8. The van der Waals surface area contributed by atoms with Crippen molar-refractivity contribution in [3.8, 4) is 17.0 Å². The number of rotatable bonds is 8. The Morgan fingerprint density at radius 3 is 2.71 bits per heavy atom. The van der Waals surface area contributed by atoms with E-state index in [1.165, 1.54) is 46.2 Å². The summed E-state index contributed by atoms with van der Waals surface area (Å²) in [7, 11) is 1.44. The van der Waals surface area contributed by atoms with E-state index in [1.807, 2.05) is 6.07 Å². The van der Waals surface area contributed by atoms with Crippen LogP contribution in [0.15, 0.2) is 52.3 Å². The summed E-state index contributed by atoms with van der Waals surface area (Å²) >= 11 is 7.47. The average molecular weight is 557 g/mol. The van der Waals surface area contributed by atoms with Crippen molar-refractivity contribution < 1.29 is 18.7 Å². The second-order valence-corrected chi connectivity index (χ2v) is 10.5. The number of amides is 1. The number of hydrogen-bond acceptors (Lipinski definition) is 9. The Morgan fingerprint density at radius 1 is 1.21 bits per heavy atom. The van der Waals surface area contributed by atoms with E-state index in [9.17, 15) is 14.4 Å². The number of nitrogens with zero attached hydrogens (tertiary/aromatic N) is 5. The molecule has 1 saturated heterocycles. The van der Waals surface area contributed by atoms with Crippen molar-refractivity contribution in [1.82, 2.24) is 24.2 Å². The molecule has 1 amide bonds. The molecule has 5 heterocycles. The fourth-order valence-corrected chi connectivity index (χ4v) is 5.30. The number of carbonyl (C=O) groups is 2. The van der Waals surface area contributed by atoms with Gasteiger partial charge in [0.2, 0.25) is 11.7 Å². The number of likely N-dealkylation sites (tertiary alicyclic amines) is 1. The summed E-state index contributed by atoms with van der Waals surface area (Å²) in [5, 5.41) is 7.72.